The zero-order valence-corrected chi connectivity index (χ0v) is 11.1. The maximum absolute atomic E-state index is 10.0. The van der Waals surface area contributed by atoms with Gasteiger partial charge in [0.2, 0.25) is 0 Å². The first-order chi connectivity index (χ1) is 8.61. The predicted molar refractivity (Wildman–Crippen MR) is 73.1 cm³/mol. The number of rotatable bonds is 2. The Kier molecular flexibility index (Phi) is 2.74. The third-order valence-electron chi connectivity index (χ3n) is 5.26. The summed E-state index contributed by atoms with van der Waals surface area (Å²) in [6.45, 7) is 0.883. The molecule has 2 atom stereocenters. The molecule has 3 N–H and O–H groups in total. The number of nitrogens with zero attached hydrogens (tertiary/aromatic N) is 1. The van der Waals surface area contributed by atoms with Gasteiger partial charge in [-0.3, -0.25) is 0 Å². The van der Waals surface area contributed by atoms with Gasteiger partial charge in [-0.15, -0.1) is 0 Å². The fourth-order valence-corrected chi connectivity index (χ4v) is 4.10. The molecule has 0 saturated carbocycles. The molecule has 2 fully saturated rings. The topological polar surface area (TPSA) is 46.2 Å². The zero-order valence-electron chi connectivity index (χ0n) is 11.1. The second-order valence-corrected chi connectivity index (χ2v) is 6.17. The van der Waals surface area contributed by atoms with Crippen molar-refractivity contribution in [1.82, 2.24) is 0 Å². The van der Waals surface area contributed by atoms with Crippen molar-refractivity contribution < 1.29 is 9.59 Å². The lowest BCUT2D eigenvalue weighted by Gasteiger charge is -2.45. The van der Waals surface area contributed by atoms with Crippen LogP contribution in [0.1, 0.15) is 37.7 Å². The Morgan fingerprint density at radius 2 is 1.89 bits per heavy atom. The summed E-state index contributed by atoms with van der Waals surface area (Å²) in [7, 11) is 2.35. The lowest BCUT2D eigenvalue weighted by Crippen LogP contribution is -2.55. The summed E-state index contributed by atoms with van der Waals surface area (Å²) in [6, 6.07) is 7.00. The molecule has 0 aliphatic carbocycles. The van der Waals surface area contributed by atoms with E-state index in [-0.39, 0.29) is 0 Å². The van der Waals surface area contributed by atoms with Crippen LogP contribution in [0.15, 0.2) is 18.2 Å². The van der Waals surface area contributed by atoms with Crippen molar-refractivity contribution in [3.63, 3.8) is 0 Å². The van der Waals surface area contributed by atoms with E-state index in [0.717, 1.165) is 34.4 Å². The molecule has 0 aromatic heterocycles. The third kappa shape index (κ3) is 1.69. The Morgan fingerprint density at radius 3 is 2.50 bits per heavy atom. The summed E-state index contributed by atoms with van der Waals surface area (Å²) in [5.74, 6) is 0.360. The summed E-state index contributed by atoms with van der Waals surface area (Å²) in [5, 5.41) is 10.0. The van der Waals surface area contributed by atoms with Crippen LogP contribution in [-0.4, -0.2) is 28.7 Å². The Hall–Kier alpha value is -1.22. The van der Waals surface area contributed by atoms with E-state index in [1.54, 1.807) is 6.07 Å². The molecule has 2 aliphatic rings. The third-order valence-corrected chi connectivity index (χ3v) is 5.26. The van der Waals surface area contributed by atoms with Crippen molar-refractivity contribution in [3.8, 4) is 5.75 Å². The molecular formula is C15H23N2O+. The molecule has 1 aromatic rings. The van der Waals surface area contributed by atoms with Crippen LogP contribution < -0.4 is 5.73 Å². The molecule has 1 aromatic carbocycles. The molecule has 0 amide bonds. The highest BCUT2D eigenvalue weighted by Crippen LogP contribution is 2.43. The first-order valence-electron chi connectivity index (χ1n) is 7.02. The second-order valence-electron chi connectivity index (χ2n) is 6.17. The highest BCUT2D eigenvalue weighted by molar-refractivity contribution is 5.53. The van der Waals surface area contributed by atoms with Crippen molar-refractivity contribution in [2.45, 2.75) is 50.7 Å². The molecule has 2 bridgehead atoms. The predicted octanol–water partition coefficient (Wildman–Crippen LogP) is 2.64. The van der Waals surface area contributed by atoms with Gasteiger partial charge >= 0.3 is 0 Å². The summed E-state index contributed by atoms with van der Waals surface area (Å²) >= 11 is 0. The molecule has 18 heavy (non-hydrogen) atoms. The molecule has 3 heteroatoms. The number of aromatic hydroxyl groups is 1. The summed E-state index contributed by atoms with van der Waals surface area (Å²) in [5.41, 5.74) is 7.72. The van der Waals surface area contributed by atoms with Gasteiger partial charge in [0, 0.05) is 18.5 Å². The molecule has 98 valence electrons. The lowest BCUT2D eigenvalue weighted by molar-refractivity contribution is -0.960. The number of hydrogen-bond donors (Lipinski definition) is 2. The maximum atomic E-state index is 10.0. The second kappa shape index (κ2) is 4.16. The van der Waals surface area contributed by atoms with Gasteiger partial charge in [0.05, 0.1) is 24.7 Å². The van der Waals surface area contributed by atoms with Crippen LogP contribution in [0.25, 0.3) is 0 Å². The van der Waals surface area contributed by atoms with Crippen molar-refractivity contribution in [2.24, 2.45) is 0 Å². The van der Waals surface area contributed by atoms with E-state index in [4.69, 9.17) is 5.73 Å². The van der Waals surface area contributed by atoms with Crippen LogP contribution >= 0.6 is 0 Å². The van der Waals surface area contributed by atoms with Gasteiger partial charge in [0.25, 0.3) is 0 Å². The average molecular weight is 247 g/mol. The SMILES string of the molecule is C[N+]1(Cc2c(N)cccc2O)C2CCCC1CC2. The van der Waals surface area contributed by atoms with Gasteiger partial charge < -0.3 is 15.3 Å². The highest BCUT2D eigenvalue weighted by atomic mass is 16.3. The molecule has 2 heterocycles. The Balaban J connectivity index is 1.92. The molecule has 0 radical (unpaired) electrons. The van der Waals surface area contributed by atoms with Crippen LogP contribution in [-0.2, 0) is 6.54 Å². The Morgan fingerprint density at radius 1 is 1.22 bits per heavy atom. The maximum Gasteiger partial charge on any atom is 0.126 e. The fourth-order valence-electron chi connectivity index (χ4n) is 4.10. The van der Waals surface area contributed by atoms with Gasteiger partial charge in [-0.25, -0.2) is 0 Å². The van der Waals surface area contributed by atoms with E-state index >= 15 is 0 Å². The van der Waals surface area contributed by atoms with Gasteiger partial charge in [-0.2, -0.15) is 0 Å². The summed E-state index contributed by atoms with van der Waals surface area (Å²) in [4.78, 5) is 0. The minimum Gasteiger partial charge on any atom is -0.507 e. The van der Waals surface area contributed by atoms with Crippen LogP contribution in [0, 0.1) is 0 Å². The molecule has 2 saturated heterocycles. The molecule has 2 unspecified atom stereocenters. The van der Waals surface area contributed by atoms with Gasteiger partial charge in [-0.05, 0) is 31.4 Å². The monoisotopic (exact) mass is 247 g/mol. The number of anilines is 1. The van der Waals surface area contributed by atoms with Crippen molar-refractivity contribution in [1.29, 1.82) is 0 Å². The Labute approximate surface area is 109 Å². The van der Waals surface area contributed by atoms with Crippen molar-refractivity contribution in [3.05, 3.63) is 23.8 Å². The number of nitrogens with two attached hydrogens (primary N) is 1. The van der Waals surface area contributed by atoms with E-state index < -0.39 is 0 Å². The standard InChI is InChI=1S/C15H22N2O/c1-17(11-4-2-5-12(17)9-8-11)10-13-14(16)6-3-7-15(13)18/h3,6-7,11-12H,2,4-5,8-10,16H2,1H3/p+1. The molecule has 0 spiro atoms. The molecule has 3 nitrogen and oxygen atoms in total. The quantitative estimate of drug-likeness (QED) is 0.623. The lowest BCUT2D eigenvalue weighted by atomic mass is 9.97. The van der Waals surface area contributed by atoms with E-state index in [9.17, 15) is 5.11 Å². The van der Waals surface area contributed by atoms with Gasteiger partial charge in [0.1, 0.15) is 12.3 Å². The van der Waals surface area contributed by atoms with Gasteiger partial charge in [0.15, 0.2) is 0 Å². The fraction of sp³-hybridized carbons (Fsp3) is 0.600. The van der Waals surface area contributed by atoms with Crippen LogP contribution in [0.5, 0.6) is 5.75 Å². The number of quaternary nitrogens is 1. The number of fused-ring (bicyclic) bond motifs is 2. The average Bonchev–Trinajstić information content (AvgIpc) is 2.56. The number of benzene rings is 1. The molecular weight excluding hydrogens is 224 g/mol. The van der Waals surface area contributed by atoms with Crippen molar-refractivity contribution in [2.75, 3.05) is 12.8 Å². The zero-order chi connectivity index (χ0) is 12.8. The normalized spacial score (nSPS) is 34.7. The van der Waals surface area contributed by atoms with Crippen LogP contribution in [0.2, 0.25) is 0 Å². The number of phenols is 1. The molecule has 2 aliphatic heterocycles. The minimum absolute atomic E-state index is 0.360. The van der Waals surface area contributed by atoms with E-state index in [2.05, 4.69) is 7.05 Å². The highest BCUT2D eigenvalue weighted by Gasteiger charge is 2.48. The minimum atomic E-state index is 0.360. The van der Waals surface area contributed by atoms with E-state index in [0.29, 0.717) is 5.75 Å². The first kappa shape index (κ1) is 11.8. The summed E-state index contributed by atoms with van der Waals surface area (Å²) < 4.78 is 1.09. The van der Waals surface area contributed by atoms with Crippen LogP contribution in [0.4, 0.5) is 5.69 Å². The first-order valence-corrected chi connectivity index (χ1v) is 7.02. The van der Waals surface area contributed by atoms with Gasteiger partial charge in [-0.1, -0.05) is 6.07 Å². The van der Waals surface area contributed by atoms with Crippen LogP contribution in [0.3, 0.4) is 0 Å². The summed E-state index contributed by atoms with van der Waals surface area (Å²) in [6.07, 6.45) is 6.73. The molecule has 3 rings (SSSR count). The number of hydrogen-bond acceptors (Lipinski definition) is 2. The number of phenolic OH excluding ortho intramolecular Hbond substituents is 1. The number of nitrogen functional groups attached to an aromatic ring is 1. The van der Waals surface area contributed by atoms with E-state index in [1.807, 2.05) is 12.1 Å². The smallest absolute Gasteiger partial charge is 0.126 e. The Bertz CT molecular complexity index is 422. The van der Waals surface area contributed by atoms with Crippen molar-refractivity contribution >= 4 is 5.69 Å². The number of piperidine rings is 1. The van der Waals surface area contributed by atoms with E-state index in [1.165, 1.54) is 32.1 Å². The largest absolute Gasteiger partial charge is 0.507 e.